The molecule has 1 amide bonds. The number of hydrogen-bond acceptors (Lipinski definition) is 3. The second kappa shape index (κ2) is 4.15. The first kappa shape index (κ1) is 9.87. The molecular formula is C9H13NO3. The van der Waals surface area contributed by atoms with E-state index in [0.717, 1.165) is 0 Å². The highest BCUT2D eigenvalue weighted by atomic mass is 16.6. The number of rotatable bonds is 2. The topological polar surface area (TPSA) is 47.6 Å². The highest BCUT2D eigenvalue weighted by Crippen LogP contribution is 2.20. The molecule has 1 rings (SSSR count). The minimum Gasteiger partial charge on any atom is -0.425 e. The maximum absolute atomic E-state index is 11.1. The normalized spacial score (nSPS) is 17.7. The molecule has 0 unspecified atom stereocenters. The van der Waals surface area contributed by atoms with Gasteiger partial charge in [-0.05, 0) is 13.8 Å². The van der Waals surface area contributed by atoms with E-state index in [-0.39, 0.29) is 0 Å². The summed E-state index contributed by atoms with van der Waals surface area (Å²) in [6.45, 7) is 4.82. The van der Waals surface area contributed by atoms with Gasteiger partial charge in [0.05, 0.1) is 0 Å². The lowest BCUT2D eigenvalue weighted by molar-refractivity contribution is -0.142. The van der Waals surface area contributed by atoms with Crippen molar-refractivity contribution in [2.24, 2.45) is 0 Å². The molecule has 0 radical (unpaired) electrons. The summed E-state index contributed by atoms with van der Waals surface area (Å²) in [5, 5.41) is 2.54. The second-order valence-electron chi connectivity index (χ2n) is 2.78. The largest absolute Gasteiger partial charge is 0.425 e. The van der Waals surface area contributed by atoms with Gasteiger partial charge in [-0.3, -0.25) is 0 Å². The van der Waals surface area contributed by atoms with Crippen molar-refractivity contribution in [3.05, 3.63) is 0 Å². The van der Waals surface area contributed by atoms with E-state index in [2.05, 4.69) is 17.2 Å². The number of nitrogens with one attached hydrogen (secondary N) is 1. The third kappa shape index (κ3) is 2.36. The lowest BCUT2D eigenvalue weighted by Gasteiger charge is -2.35. The molecule has 1 saturated heterocycles. The Hall–Kier alpha value is -1.21. The third-order valence-corrected chi connectivity index (χ3v) is 1.63. The maximum atomic E-state index is 11.1. The number of ether oxygens (including phenoxy) is 2. The summed E-state index contributed by atoms with van der Waals surface area (Å²) in [7, 11) is 0. The summed E-state index contributed by atoms with van der Waals surface area (Å²) in [4.78, 5) is 11.1. The SMILES string of the molecule is CC#CC1(OC(=O)NCC)COC1. The van der Waals surface area contributed by atoms with Gasteiger partial charge in [-0.2, -0.15) is 0 Å². The first-order valence-electron chi connectivity index (χ1n) is 4.21. The van der Waals surface area contributed by atoms with Crippen LogP contribution in [-0.2, 0) is 9.47 Å². The fourth-order valence-electron chi connectivity index (χ4n) is 1.03. The van der Waals surface area contributed by atoms with Crippen LogP contribution in [0.5, 0.6) is 0 Å². The van der Waals surface area contributed by atoms with Crippen molar-refractivity contribution in [2.45, 2.75) is 19.4 Å². The van der Waals surface area contributed by atoms with E-state index in [9.17, 15) is 4.79 Å². The predicted octanol–water partition coefficient (Wildman–Crippen LogP) is 0.525. The highest BCUT2D eigenvalue weighted by Gasteiger charge is 2.41. The van der Waals surface area contributed by atoms with Crippen LogP contribution in [0.4, 0.5) is 4.79 Å². The van der Waals surface area contributed by atoms with E-state index < -0.39 is 11.7 Å². The molecular weight excluding hydrogens is 170 g/mol. The van der Waals surface area contributed by atoms with E-state index in [1.54, 1.807) is 6.92 Å². The Labute approximate surface area is 77.6 Å². The van der Waals surface area contributed by atoms with Crippen LogP contribution in [-0.4, -0.2) is 31.5 Å². The van der Waals surface area contributed by atoms with Crippen molar-refractivity contribution in [1.82, 2.24) is 5.32 Å². The average molecular weight is 183 g/mol. The molecule has 0 aliphatic carbocycles. The minimum atomic E-state index is -0.700. The number of alkyl carbamates (subject to hydrolysis) is 1. The molecule has 4 heteroatoms. The number of carbonyl (C=O) groups excluding carboxylic acids is 1. The Bertz CT molecular complexity index is 247. The zero-order chi connectivity index (χ0) is 9.73. The third-order valence-electron chi connectivity index (χ3n) is 1.63. The second-order valence-corrected chi connectivity index (χ2v) is 2.78. The fourth-order valence-corrected chi connectivity index (χ4v) is 1.03. The van der Waals surface area contributed by atoms with Crippen LogP contribution < -0.4 is 5.32 Å². The molecule has 1 N–H and O–H groups in total. The van der Waals surface area contributed by atoms with Crippen molar-refractivity contribution < 1.29 is 14.3 Å². The van der Waals surface area contributed by atoms with Crippen LogP contribution in [0.15, 0.2) is 0 Å². The maximum Gasteiger partial charge on any atom is 0.408 e. The summed E-state index contributed by atoms with van der Waals surface area (Å²) in [6, 6.07) is 0. The lowest BCUT2D eigenvalue weighted by Crippen LogP contribution is -2.53. The Morgan fingerprint density at radius 2 is 2.38 bits per heavy atom. The molecule has 0 aromatic carbocycles. The lowest BCUT2D eigenvalue weighted by atomic mass is 10.0. The van der Waals surface area contributed by atoms with Gasteiger partial charge >= 0.3 is 6.09 Å². The van der Waals surface area contributed by atoms with Crippen molar-refractivity contribution in [3.63, 3.8) is 0 Å². The zero-order valence-electron chi connectivity index (χ0n) is 7.85. The summed E-state index contributed by atoms with van der Waals surface area (Å²) in [5.74, 6) is 5.55. The van der Waals surface area contributed by atoms with E-state index in [1.807, 2.05) is 6.92 Å². The minimum absolute atomic E-state index is 0.366. The first-order chi connectivity index (χ1) is 6.22. The zero-order valence-corrected chi connectivity index (χ0v) is 7.85. The van der Waals surface area contributed by atoms with E-state index in [4.69, 9.17) is 9.47 Å². The molecule has 72 valence electrons. The standard InChI is InChI=1S/C9H13NO3/c1-3-5-9(6-12-7-9)13-8(11)10-4-2/h4,6-7H2,1-2H3,(H,10,11). The molecule has 0 aromatic rings. The number of carbonyl (C=O) groups is 1. The van der Waals surface area contributed by atoms with Crippen LogP contribution in [0.2, 0.25) is 0 Å². The van der Waals surface area contributed by atoms with E-state index in [1.165, 1.54) is 0 Å². The molecule has 1 aliphatic heterocycles. The molecule has 1 fully saturated rings. The van der Waals surface area contributed by atoms with Crippen LogP contribution in [0.1, 0.15) is 13.8 Å². The monoisotopic (exact) mass is 183 g/mol. The summed E-state index contributed by atoms with van der Waals surface area (Å²) >= 11 is 0. The van der Waals surface area contributed by atoms with Gasteiger partial charge in [0.15, 0.2) is 0 Å². The predicted molar refractivity (Wildman–Crippen MR) is 47.2 cm³/mol. The summed E-state index contributed by atoms with van der Waals surface area (Å²) in [5.41, 5.74) is -0.700. The van der Waals surface area contributed by atoms with Gasteiger partial charge in [0.1, 0.15) is 13.2 Å². The van der Waals surface area contributed by atoms with Crippen molar-refractivity contribution in [3.8, 4) is 11.8 Å². The number of hydrogen-bond donors (Lipinski definition) is 1. The van der Waals surface area contributed by atoms with Gasteiger partial charge < -0.3 is 14.8 Å². The number of amides is 1. The Kier molecular flexibility index (Phi) is 3.15. The molecule has 0 atom stereocenters. The van der Waals surface area contributed by atoms with Crippen LogP contribution in [0.25, 0.3) is 0 Å². The average Bonchev–Trinajstić information content (AvgIpc) is 2.01. The smallest absolute Gasteiger partial charge is 0.408 e. The van der Waals surface area contributed by atoms with Crippen LogP contribution in [0.3, 0.4) is 0 Å². The summed E-state index contributed by atoms with van der Waals surface area (Å²) in [6.07, 6.45) is -0.437. The van der Waals surface area contributed by atoms with Crippen molar-refractivity contribution in [2.75, 3.05) is 19.8 Å². The highest BCUT2D eigenvalue weighted by molar-refractivity contribution is 5.68. The van der Waals surface area contributed by atoms with Crippen LogP contribution >= 0.6 is 0 Å². The molecule has 1 aliphatic rings. The molecule has 13 heavy (non-hydrogen) atoms. The Morgan fingerprint density at radius 3 is 2.77 bits per heavy atom. The van der Waals surface area contributed by atoms with E-state index >= 15 is 0 Å². The molecule has 0 spiro atoms. The Balaban J connectivity index is 2.47. The van der Waals surface area contributed by atoms with Crippen molar-refractivity contribution >= 4 is 6.09 Å². The van der Waals surface area contributed by atoms with Gasteiger partial charge in [-0.25, -0.2) is 4.79 Å². The van der Waals surface area contributed by atoms with Gasteiger partial charge in [0, 0.05) is 6.54 Å². The van der Waals surface area contributed by atoms with Gasteiger partial charge in [-0.1, -0.05) is 5.92 Å². The quantitative estimate of drug-likeness (QED) is 0.635. The molecule has 4 nitrogen and oxygen atoms in total. The first-order valence-corrected chi connectivity index (χ1v) is 4.21. The fraction of sp³-hybridized carbons (Fsp3) is 0.667. The van der Waals surface area contributed by atoms with E-state index in [0.29, 0.717) is 19.8 Å². The molecule has 1 heterocycles. The molecule has 0 saturated carbocycles. The van der Waals surface area contributed by atoms with Gasteiger partial charge in [-0.15, -0.1) is 5.92 Å². The van der Waals surface area contributed by atoms with Gasteiger partial charge in [0.2, 0.25) is 5.60 Å². The molecule has 0 bridgehead atoms. The van der Waals surface area contributed by atoms with Crippen molar-refractivity contribution in [1.29, 1.82) is 0 Å². The molecule has 0 aromatic heterocycles. The Morgan fingerprint density at radius 1 is 1.69 bits per heavy atom. The van der Waals surface area contributed by atoms with Gasteiger partial charge in [0.25, 0.3) is 0 Å². The van der Waals surface area contributed by atoms with Crippen LogP contribution in [0, 0.1) is 11.8 Å². The summed E-state index contributed by atoms with van der Waals surface area (Å²) < 4.78 is 10.1.